The van der Waals surface area contributed by atoms with Gasteiger partial charge in [0.15, 0.2) is 0 Å². The summed E-state index contributed by atoms with van der Waals surface area (Å²) in [5.41, 5.74) is 0. The molecule has 4 nitrogen and oxygen atoms in total. The van der Waals surface area contributed by atoms with Crippen molar-refractivity contribution in [2.24, 2.45) is 11.8 Å². The molecule has 0 aromatic carbocycles. The molecular weight excluding hydrogens is 204 g/mol. The van der Waals surface area contributed by atoms with E-state index in [0.717, 1.165) is 39.1 Å². The Morgan fingerprint density at radius 1 is 1.50 bits per heavy atom. The monoisotopic (exact) mass is 226 g/mol. The van der Waals surface area contributed by atoms with Crippen LogP contribution in [0.4, 0.5) is 0 Å². The molecule has 0 aliphatic carbocycles. The summed E-state index contributed by atoms with van der Waals surface area (Å²) in [6, 6.07) is 0. The van der Waals surface area contributed by atoms with Crippen LogP contribution in [0.3, 0.4) is 0 Å². The first kappa shape index (κ1) is 11.9. The van der Waals surface area contributed by atoms with E-state index in [-0.39, 0.29) is 11.9 Å². The zero-order chi connectivity index (χ0) is 11.4. The van der Waals surface area contributed by atoms with E-state index in [4.69, 9.17) is 4.74 Å². The number of hydrogen-bond donors (Lipinski definition) is 1. The quantitative estimate of drug-likeness (QED) is 0.708. The summed E-state index contributed by atoms with van der Waals surface area (Å²) in [6.07, 6.45) is 3.65. The van der Waals surface area contributed by atoms with Crippen LogP contribution in [0.5, 0.6) is 0 Å². The molecule has 0 bridgehead atoms. The average Bonchev–Trinajstić information content (AvgIpc) is 2.97. The molecule has 2 unspecified atom stereocenters. The number of nitrogens with zero attached hydrogens (tertiary/aromatic N) is 1. The molecule has 0 amide bonds. The van der Waals surface area contributed by atoms with Crippen molar-refractivity contribution >= 4 is 5.97 Å². The van der Waals surface area contributed by atoms with E-state index in [1.807, 2.05) is 0 Å². The molecule has 2 fully saturated rings. The van der Waals surface area contributed by atoms with Crippen LogP contribution in [0, 0.1) is 11.8 Å². The molecule has 1 N–H and O–H groups in total. The third kappa shape index (κ3) is 2.74. The van der Waals surface area contributed by atoms with Crippen LogP contribution in [-0.4, -0.2) is 50.7 Å². The summed E-state index contributed by atoms with van der Waals surface area (Å²) < 4.78 is 4.94. The normalized spacial score (nSPS) is 28.2. The maximum atomic E-state index is 11.8. The molecule has 0 radical (unpaired) electrons. The van der Waals surface area contributed by atoms with Crippen LogP contribution in [-0.2, 0) is 9.53 Å². The number of likely N-dealkylation sites (tertiary alicyclic amines) is 1. The molecule has 0 aromatic heterocycles. The summed E-state index contributed by atoms with van der Waals surface area (Å²) in [4.78, 5) is 14.2. The molecule has 0 aromatic rings. The molecule has 2 aliphatic rings. The predicted molar refractivity (Wildman–Crippen MR) is 62.2 cm³/mol. The maximum Gasteiger partial charge on any atom is 0.310 e. The third-order valence-electron chi connectivity index (χ3n) is 3.82. The second-order valence-electron chi connectivity index (χ2n) is 4.89. The van der Waals surface area contributed by atoms with E-state index < -0.39 is 0 Å². The molecule has 16 heavy (non-hydrogen) atoms. The van der Waals surface area contributed by atoms with Gasteiger partial charge in [0.05, 0.1) is 13.0 Å². The third-order valence-corrected chi connectivity index (χ3v) is 3.82. The molecule has 2 atom stereocenters. The molecule has 2 saturated heterocycles. The molecule has 2 rings (SSSR count). The smallest absolute Gasteiger partial charge is 0.310 e. The highest BCUT2D eigenvalue weighted by molar-refractivity contribution is 5.73. The highest BCUT2D eigenvalue weighted by Crippen LogP contribution is 2.23. The summed E-state index contributed by atoms with van der Waals surface area (Å²) in [7, 11) is 1.50. The maximum absolute atomic E-state index is 11.8. The van der Waals surface area contributed by atoms with Crippen molar-refractivity contribution in [3.05, 3.63) is 0 Å². The molecule has 2 aliphatic heterocycles. The van der Waals surface area contributed by atoms with E-state index >= 15 is 0 Å². The first-order valence-electron chi connectivity index (χ1n) is 6.32. The van der Waals surface area contributed by atoms with Crippen LogP contribution in [0.15, 0.2) is 0 Å². The fraction of sp³-hybridized carbons (Fsp3) is 0.917. The van der Waals surface area contributed by atoms with Gasteiger partial charge in [0.25, 0.3) is 0 Å². The zero-order valence-electron chi connectivity index (χ0n) is 10.1. The minimum Gasteiger partial charge on any atom is -0.469 e. The predicted octanol–water partition coefficient (Wildman–Crippen LogP) is 0.481. The van der Waals surface area contributed by atoms with Crippen molar-refractivity contribution in [3.8, 4) is 0 Å². The Morgan fingerprint density at radius 2 is 2.25 bits per heavy atom. The van der Waals surface area contributed by atoms with Gasteiger partial charge in [-0.15, -0.1) is 0 Å². The van der Waals surface area contributed by atoms with Crippen LogP contribution < -0.4 is 5.32 Å². The molecular formula is C12H22N2O2. The molecule has 2 heterocycles. The minimum atomic E-state index is -0.0272. The highest BCUT2D eigenvalue weighted by Gasteiger charge is 2.33. The van der Waals surface area contributed by atoms with Gasteiger partial charge >= 0.3 is 5.97 Å². The number of carbonyl (C=O) groups is 1. The van der Waals surface area contributed by atoms with Gasteiger partial charge in [-0.25, -0.2) is 0 Å². The first-order chi connectivity index (χ1) is 7.81. The lowest BCUT2D eigenvalue weighted by Crippen LogP contribution is -2.37. The van der Waals surface area contributed by atoms with Crippen molar-refractivity contribution in [1.29, 1.82) is 0 Å². The van der Waals surface area contributed by atoms with Gasteiger partial charge < -0.3 is 15.0 Å². The van der Waals surface area contributed by atoms with Crippen LogP contribution in [0.1, 0.15) is 19.3 Å². The fourth-order valence-corrected chi connectivity index (χ4v) is 2.83. The SMILES string of the molecule is COC(=O)C(CN1CCCC1)C1CCNC1. The van der Waals surface area contributed by atoms with E-state index in [1.165, 1.54) is 20.0 Å². The average molecular weight is 226 g/mol. The molecule has 0 saturated carbocycles. The Hall–Kier alpha value is -0.610. The number of rotatable bonds is 4. The number of carbonyl (C=O) groups excluding carboxylic acids is 1. The van der Waals surface area contributed by atoms with Crippen LogP contribution >= 0.6 is 0 Å². The number of hydrogen-bond acceptors (Lipinski definition) is 4. The van der Waals surface area contributed by atoms with Gasteiger partial charge in [0, 0.05) is 6.54 Å². The lowest BCUT2D eigenvalue weighted by Gasteiger charge is -2.25. The van der Waals surface area contributed by atoms with E-state index in [0.29, 0.717) is 5.92 Å². The van der Waals surface area contributed by atoms with Crippen LogP contribution in [0.2, 0.25) is 0 Å². The van der Waals surface area contributed by atoms with Gasteiger partial charge in [-0.1, -0.05) is 0 Å². The summed E-state index contributed by atoms with van der Waals surface area (Å²) in [6.45, 7) is 5.19. The second-order valence-corrected chi connectivity index (χ2v) is 4.89. The van der Waals surface area contributed by atoms with E-state index in [2.05, 4.69) is 10.2 Å². The second kappa shape index (κ2) is 5.64. The number of ether oxygens (including phenoxy) is 1. The van der Waals surface area contributed by atoms with Crippen molar-refractivity contribution in [3.63, 3.8) is 0 Å². The number of nitrogens with one attached hydrogen (secondary N) is 1. The van der Waals surface area contributed by atoms with Crippen molar-refractivity contribution in [1.82, 2.24) is 10.2 Å². The van der Waals surface area contributed by atoms with E-state index in [1.54, 1.807) is 0 Å². The summed E-state index contributed by atoms with van der Waals surface area (Å²) >= 11 is 0. The largest absolute Gasteiger partial charge is 0.469 e. The van der Waals surface area contributed by atoms with Gasteiger partial charge in [-0.3, -0.25) is 4.79 Å². The lowest BCUT2D eigenvalue weighted by molar-refractivity contribution is -0.147. The fourth-order valence-electron chi connectivity index (χ4n) is 2.83. The molecule has 92 valence electrons. The van der Waals surface area contributed by atoms with Gasteiger partial charge in [0.1, 0.15) is 0 Å². The van der Waals surface area contributed by atoms with Gasteiger partial charge in [-0.05, 0) is 51.4 Å². The topological polar surface area (TPSA) is 41.6 Å². The minimum absolute atomic E-state index is 0.0272. The Bertz CT molecular complexity index is 233. The Kier molecular flexibility index (Phi) is 4.18. The number of esters is 1. The number of methoxy groups -OCH3 is 1. The molecule has 0 spiro atoms. The van der Waals surface area contributed by atoms with Crippen molar-refractivity contribution in [2.75, 3.05) is 39.8 Å². The Labute approximate surface area is 97.3 Å². The van der Waals surface area contributed by atoms with E-state index in [9.17, 15) is 4.79 Å². The standard InChI is InChI=1S/C12H22N2O2/c1-16-12(15)11(10-4-5-13-8-10)9-14-6-2-3-7-14/h10-11,13H,2-9H2,1H3. The van der Waals surface area contributed by atoms with Gasteiger partial charge in [0.2, 0.25) is 0 Å². The van der Waals surface area contributed by atoms with Crippen molar-refractivity contribution in [2.45, 2.75) is 19.3 Å². The summed E-state index contributed by atoms with van der Waals surface area (Å²) in [5.74, 6) is 0.506. The summed E-state index contributed by atoms with van der Waals surface area (Å²) in [5, 5.41) is 3.33. The Balaban J connectivity index is 1.92. The van der Waals surface area contributed by atoms with Crippen molar-refractivity contribution < 1.29 is 9.53 Å². The first-order valence-corrected chi connectivity index (χ1v) is 6.32. The zero-order valence-corrected chi connectivity index (χ0v) is 10.1. The van der Waals surface area contributed by atoms with Crippen LogP contribution in [0.25, 0.3) is 0 Å². The Morgan fingerprint density at radius 3 is 2.81 bits per heavy atom. The lowest BCUT2D eigenvalue weighted by atomic mass is 9.91. The van der Waals surface area contributed by atoms with Gasteiger partial charge in [-0.2, -0.15) is 0 Å². The highest BCUT2D eigenvalue weighted by atomic mass is 16.5. The molecule has 4 heteroatoms.